The number of benzene rings is 2. The SMILES string of the molecule is CCCCCCCCCCn1c2ccc(-c3cccs3)cc2c2cc(-c3cccs3)ccc21. The van der Waals surface area contributed by atoms with E-state index in [0.29, 0.717) is 0 Å². The van der Waals surface area contributed by atoms with Crippen LogP contribution in [0.5, 0.6) is 0 Å². The van der Waals surface area contributed by atoms with Crippen LogP contribution >= 0.6 is 22.7 Å². The third kappa shape index (κ3) is 4.95. The quantitative estimate of drug-likeness (QED) is 0.169. The molecule has 0 bridgehead atoms. The zero-order chi connectivity index (χ0) is 22.5. The minimum Gasteiger partial charge on any atom is -0.340 e. The van der Waals surface area contributed by atoms with Gasteiger partial charge in [-0.1, -0.05) is 76.1 Å². The summed E-state index contributed by atoms with van der Waals surface area (Å²) in [6, 6.07) is 22.9. The lowest BCUT2D eigenvalue weighted by atomic mass is 10.1. The highest BCUT2D eigenvalue weighted by molar-refractivity contribution is 7.13. The Morgan fingerprint density at radius 3 is 1.61 bits per heavy atom. The molecule has 5 rings (SSSR count). The summed E-state index contributed by atoms with van der Waals surface area (Å²) in [4.78, 5) is 2.69. The average molecular weight is 472 g/mol. The van der Waals surface area contributed by atoms with Gasteiger partial charge >= 0.3 is 0 Å². The minimum atomic E-state index is 1.10. The number of fused-ring (bicyclic) bond motifs is 3. The molecule has 1 nitrogen and oxygen atoms in total. The van der Waals surface area contributed by atoms with Gasteiger partial charge in [0.1, 0.15) is 0 Å². The number of aryl methyl sites for hydroxylation is 1. The van der Waals surface area contributed by atoms with Crippen molar-refractivity contribution in [3.63, 3.8) is 0 Å². The first kappa shape index (κ1) is 22.4. The molecule has 0 N–H and O–H groups in total. The maximum absolute atomic E-state index is 2.57. The van der Waals surface area contributed by atoms with E-state index in [1.807, 2.05) is 22.7 Å². The molecule has 3 aromatic heterocycles. The molecule has 0 saturated carbocycles. The lowest BCUT2D eigenvalue weighted by molar-refractivity contribution is 0.553. The van der Waals surface area contributed by atoms with Crippen LogP contribution in [0.2, 0.25) is 0 Å². The molecule has 0 atom stereocenters. The van der Waals surface area contributed by atoms with Crippen LogP contribution in [0.15, 0.2) is 71.4 Å². The summed E-state index contributed by atoms with van der Waals surface area (Å²) < 4.78 is 2.57. The number of nitrogens with zero attached hydrogens (tertiary/aromatic N) is 1. The Morgan fingerprint density at radius 2 is 1.12 bits per heavy atom. The first-order chi connectivity index (χ1) is 16.3. The van der Waals surface area contributed by atoms with Crippen molar-refractivity contribution in [2.75, 3.05) is 0 Å². The van der Waals surface area contributed by atoms with E-state index in [2.05, 4.69) is 82.9 Å². The molecule has 0 fully saturated rings. The summed E-state index contributed by atoms with van der Waals surface area (Å²) in [5.74, 6) is 0. The molecule has 3 heteroatoms. The van der Waals surface area contributed by atoms with E-state index in [-0.39, 0.29) is 0 Å². The van der Waals surface area contributed by atoms with Crippen molar-refractivity contribution in [2.24, 2.45) is 0 Å². The maximum atomic E-state index is 2.57. The highest BCUT2D eigenvalue weighted by Crippen LogP contribution is 2.37. The summed E-state index contributed by atoms with van der Waals surface area (Å²) in [6.07, 6.45) is 10.9. The molecule has 0 spiro atoms. The van der Waals surface area contributed by atoms with Crippen molar-refractivity contribution < 1.29 is 0 Å². The smallest absolute Gasteiger partial charge is 0.0491 e. The topological polar surface area (TPSA) is 4.93 Å². The molecule has 0 aliphatic heterocycles. The van der Waals surface area contributed by atoms with Gasteiger partial charge in [0, 0.05) is 38.1 Å². The molecular formula is C30H33NS2. The Kier molecular flexibility index (Phi) is 7.28. The van der Waals surface area contributed by atoms with Gasteiger partial charge in [-0.15, -0.1) is 22.7 Å². The van der Waals surface area contributed by atoms with E-state index in [9.17, 15) is 0 Å². The van der Waals surface area contributed by atoms with E-state index in [1.54, 1.807) is 0 Å². The summed E-state index contributed by atoms with van der Waals surface area (Å²) in [5.41, 5.74) is 5.39. The molecule has 0 saturated heterocycles. The van der Waals surface area contributed by atoms with Crippen molar-refractivity contribution >= 4 is 44.5 Å². The molecule has 0 radical (unpaired) electrons. The summed E-state index contributed by atoms with van der Waals surface area (Å²) in [5, 5.41) is 7.10. The van der Waals surface area contributed by atoms with Crippen LogP contribution < -0.4 is 0 Å². The monoisotopic (exact) mass is 471 g/mol. The van der Waals surface area contributed by atoms with Gasteiger partial charge in [-0.3, -0.25) is 0 Å². The van der Waals surface area contributed by atoms with E-state index < -0.39 is 0 Å². The second kappa shape index (κ2) is 10.7. The van der Waals surface area contributed by atoms with Gasteiger partial charge in [0.25, 0.3) is 0 Å². The first-order valence-corrected chi connectivity index (χ1v) is 14.2. The molecule has 0 aliphatic carbocycles. The van der Waals surface area contributed by atoms with Gasteiger partial charge in [0.05, 0.1) is 0 Å². The van der Waals surface area contributed by atoms with Crippen LogP contribution in [-0.4, -0.2) is 4.57 Å². The molecular weight excluding hydrogens is 438 g/mol. The fourth-order valence-electron chi connectivity index (χ4n) is 4.94. The van der Waals surface area contributed by atoms with Gasteiger partial charge in [-0.25, -0.2) is 0 Å². The molecule has 0 aliphatic rings. The highest BCUT2D eigenvalue weighted by atomic mass is 32.1. The van der Waals surface area contributed by atoms with Crippen molar-refractivity contribution in [3.05, 3.63) is 71.4 Å². The number of aromatic nitrogens is 1. The first-order valence-electron chi connectivity index (χ1n) is 12.5. The van der Waals surface area contributed by atoms with Crippen LogP contribution in [0.1, 0.15) is 58.3 Å². The van der Waals surface area contributed by atoms with Gasteiger partial charge < -0.3 is 4.57 Å². The normalized spacial score (nSPS) is 11.7. The lowest BCUT2D eigenvalue weighted by Gasteiger charge is -2.08. The summed E-state index contributed by atoms with van der Waals surface area (Å²) in [7, 11) is 0. The van der Waals surface area contributed by atoms with E-state index >= 15 is 0 Å². The molecule has 5 aromatic rings. The van der Waals surface area contributed by atoms with E-state index in [4.69, 9.17) is 0 Å². The Morgan fingerprint density at radius 1 is 0.606 bits per heavy atom. The molecule has 33 heavy (non-hydrogen) atoms. The van der Waals surface area contributed by atoms with Gasteiger partial charge in [-0.05, 0) is 64.7 Å². The Hall–Kier alpha value is -2.36. The second-order valence-corrected chi connectivity index (χ2v) is 10.9. The number of hydrogen-bond donors (Lipinski definition) is 0. The predicted molar refractivity (Wildman–Crippen MR) is 149 cm³/mol. The number of hydrogen-bond acceptors (Lipinski definition) is 2. The van der Waals surface area contributed by atoms with Crippen molar-refractivity contribution in [1.29, 1.82) is 0 Å². The van der Waals surface area contributed by atoms with Crippen molar-refractivity contribution in [2.45, 2.75) is 64.8 Å². The average Bonchev–Trinajstić information content (AvgIpc) is 3.61. The fourth-order valence-corrected chi connectivity index (χ4v) is 6.39. The Balaban J connectivity index is 1.44. The Bertz CT molecular complexity index is 1200. The second-order valence-electron chi connectivity index (χ2n) is 9.04. The van der Waals surface area contributed by atoms with Crippen LogP contribution in [0.25, 0.3) is 42.7 Å². The van der Waals surface area contributed by atoms with Crippen LogP contribution in [-0.2, 0) is 6.54 Å². The fraction of sp³-hybridized carbons (Fsp3) is 0.333. The molecule has 3 heterocycles. The van der Waals surface area contributed by atoms with E-state index in [0.717, 1.165) is 6.54 Å². The third-order valence-electron chi connectivity index (χ3n) is 6.71. The largest absolute Gasteiger partial charge is 0.340 e. The van der Waals surface area contributed by atoms with Crippen molar-refractivity contribution in [3.8, 4) is 20.9 Å². The predicted octanol–water partition coefficient (Wildman–Crippen LogP) is 10.4. The Labute approximate surface area is 205 Å². The van der Waals surface area contributed by atoms with Crippen LogP contribution in [0, 0.1) is 0 Å². The summed E-state index contributed by atoms with van der Waals surface area (Å²) in [6.45, 7) is 3.39. The zero-order valence-electron chi connectivity index (χ0n) is 19.6. The van der Waals surface area contributed by atoms with E-state index in [1.165, 1.54) is 94.1 Å². The molecule has 170 valence electrons. The number of thiophene rings is 2. The van der Waals surface area contributed by atoms with Crippen molar-refractivity contribution in [1.82, 2.24) is 4.57 Å². The highest BCUT2D eigenvalue weighted by Gasteiger charge is 2.13. The molecule has 0 amide bonds. The van der Waals surface area contributed by atoms with Gasteiger partial charge in [0.2, 0.25) is 0 Å². The third-order valence-corrected chi connectivity index (χ3v) is 8.55. The number of unbranched alkanes of at least 4 members (excludes halogenated alkanes) is 7. The summed E-state index contributed by atoms with van der Waals surface area (Å²) >= 11 is 3.64. The number of rotatable bonds is 11. The maximum Gasteiger partial charge on any atom is 0.0491 e. The van der Waals surface area contributed by atoms with Crippen LogP contribution in [0.3, 0.4) is 0 Å². The minimum absolute atomic E-state index is 1.10. The molecule has 0 unspecified atom stereocenters. The lowest BCUT2D eigenvalue weighted by Crippen LogP contribution is -1.97. The van der Waals surface area contributed by atoms with Gasteiger partial charge in [0.15, 0.2) is 0 Å². The zero-order valence-corrected chi connectivity index (χ0v) is 21.2. The molecule has 2 aromatic carbocycles. The standard InChI is InChI=1S/C30H33NS2/c1-2-3-4-5-6-7-8-9-18-31-27-16-14-23(29-12-10-19-32-29)21-25(27)26-22-24(15-17-28(26)31)30-13-11-20-33-30/h10-17,19-22H,2-9,18H2,1H3. The van der Waals surface area contributed by atoms with Gasteiger partial charge in [-0.2, -0.15) is 0 Å². The van der Waals surface area contributed by atoms with Crippen LogP contribution in [0.4, 0.5) is 0 Å².